The number of aryl methyl sites for hydroxylation is 1. The average Bonchev–Trinajstić information content (AvgIpc) is 3.44. The maximum absolute atomic E-state index is 12.2. The molecule has 1 N–H and O–H groups in total. The second-order valence-electron chi connectivity index (χ2n) is 6.71. The summed E-state index contributed by atoms with van der Waals surface area (Å²) in [5.41, 5.74) is 1.93. The predicted molar refractivity (Wildman–Crippen MR) is 113 cm³/mol. The van der Waals surface area contributed by atoms with Gasteiger partial charge in [-0.05, 0) is 42.8 Å². The average molecular weight is 405 g/mol. The number of carbonyl (C=O) groups excluding carboxylic acids is 1. The van der Waals surface area contributed by atoms with Crippen molar-refractivity contribution in [1.29, 1.82) is 0 Å². The van der Waals surface area contributed by atoms with E-state index in [4.69, 9.17) is 13.9 Å². The summed E-state index contributed by atoms with van der Waals surface area (Å²) in [5, 5.41) is 2.87. The molecule has 0 fully saturated rings. The molecule has 2 aromatic heterocycles. The SMILES string of the molecule is COc1cccc(OCCCn2c(CNC(=O)c3ccco3)nc3ccccc32)c1. The molecule has 0 saturated carbocycles. The Kier molecular flexibility index (Phi) is 5.98. The molecule has 0 spiro atoms. The molecular formula is C23H23N3O4. The molecule has 0 unspecified atom stereocenters. The van der Waals surface area contributed by atoms with Crippen molar-refractivity contribution in [3.63, 3.8) is 0 Å². The summed E-state index contributed by atoms with van der Waals surface area (Å²) >= 11 is 0. The third-order valence-corrected chi connectivity index (χ3v) is 4.72. The summed E-state index contributed by atoms with van der Waals surface area (Å²) in [7, 11) is 1.63. The maximum Gasteiger partial charge on any atom is 0.287 e. The summed E-state index contributed by atoms with van der Waals surface area (Å²) < 4.78 is 18.3. The molecule has 0 atom stereocenters. The molecule has 4 rings (SSSR count). The van der Waals surface area contributed by atoms with E-state index in [1.54, 1.807) is 19.2 Å². The number of fused-ring (bicyclic) bond motifs is 1. The Morgan fingerprint density at radius 2 is 1.97 bits per heavy atom. The van der Waals surface area contributed by atoms with E-state index in [-0.39, 0.29) is 11.7 Å². The highest BCUT2D eigenvalue weighted by Gasteiger charge is 2.13. The van der Waals surface area contributed by atoms with Gasteiger partial charge in [-0.1, -0.05) is 18.2 Å². The quantitative estimate of drug-likeness (QED) is 0.425. The Labute approximate surface area is 174 Å². The predicted octanol–water partition coefficient (Wildman–Crippen LogP) is 4.04. The first-order valence-corrected chi connectivity index (χ1v) is 9.77. The van der Waals surface area contributed by atoms with Crippen LogP contribution in [0.15, 0.2) is 71.3 Å². The van der Waals surface area contributed by atoms with E-state index in [0.29, 0.717) is 13.2 Å². The first-order valence-electron chi connectivity index (χ1n) is 9.77. The number of hydrogen-bond donors (Lipinski definition) is 1. The van der Waals surface area contributed by atoms with Gasteiger partial charge in [-0.15, -0.1) is 0 Å². The molecule has 2 heterocycles. The van der Waals surface area contributed by atoms with Crippen LogP contribution in [0.4, 0.5) is 0 Å². The highest BCUT2D eigenvalue weighted by molar-refractivity contribution is 5.91. The van der Waals surface area contributed by atoms with Gasteiger partial charge < -0.3 is 23.8 Å². The number of benzene rings is 2. The fourth-order valence-corrected chi connectivity index (χ4v) is 3.27. The minimum absolute atomic E-state index is 0.264. The van der Waals surface area contributed by atoms with Crippen LogP contribution in [0.1, 0.15) is 22.8 Å². The van der Waals surface area contributed by atoms with Crippen molar-refractivity contribution >= 4 is 16.9 Å². The van der Waals surface area contributed by atoms with Gasteiger partial charge in [0.2, 0.25) is 0 Å². The van der Waals surface area contributed by atoms with Gasteiger partial charge in [0.1, 0.15) is 17.3 Å². The van der Waals surface area contributed by atoms with Crippen LogP contribution < -0.4 is 14.8 Å². The summed E-state index contributed by atoms with van der Waals surface area (Å²) in [6.45, 7) is 1.58. The number of ether oxygens (including phenoxy) is 2. The van der Waals surface area contributed by atoms with Crippen molar-refractivity contribution in [1.82, 2.24) is 14.9 Å². The van der Waals surface area contributed by atoms with Crippen molar-refractivity contribution in [2.75, 3.05) is 13.7 Å². The van der Waals surface area contributed by atoms with E-state index >= 15 is 0 Å². The molecule has 7 nitrogen and oxygen atoms in total. The van der Waals surface area contributed by atoms with Gasteiger partial charge in [0.15, 0.2) is 5.76 Å². The number of nitrogens with zero attached hydrogens (tertiary/aromatic N) is 2. The number of imidazole rings is 1. The Morgan fingerprint density at radius 3 is 2.80 bits per heavy atom. The van der Waals surface area contributed by atoms with Crippen LogP contribution in [0.3, 0.4) is 0 Å². The molecule has 0 saturated heterocycles. The van der Waals surface area contributed by atoms with Gasteiger partial charge in [0.05, 0.1) is 37.6 Å². The number of rotatable bonds is 9. The van der Waals surface area contributed by atoms with Crippen LogP contribution in [0.25, 0.3) is 11.0 Å². The zero-order chi connectivity index (χ0) is 20.8. The number of aromatic nitrogens is 2. The highest BCUT2D eigenvalue weighted by atomic mass is 16.5. The molecule has 0 aliphatic heterocycles. The number of carbonyl (C=O) groups is 1. The van der Waals surface area contributed by atoms with E-state index in [9.17, 15) is 4.79 Å². The first kappa shape index (κ1) is 19.6. The Hall–Kier alpha value is -3.74. The van der Waals surface area contributed by atoms with Crippen LogP contribution in [-0.4, -0.2) is 29.2 Å². The molecule has 1 amide bonds. The second kappa shape index (κ2) is 9.17. The molecule has 0 aliphatic rings. The number of amides is 1. The number of furan rings is 1. The van der Waals surface area contributed by atoms with Crippen LogP contribution >= 0.6 is 0 Å². The smallest absolute Gasteiger partial charge is 0.287 e. The summed E-state index contributed by atoms with van der Waals surface area (Å²) in [4.78, 5) is 16.9. The lowest BCUT2D eigenvalue weighted by Crippen LogP contribution is -2.24. The maximum atomic E-state index is 12.2. The lowest BCUT2D eigenvalue weighted by atomic mass is 10.3. The zero-order valence-corrected chi connectivity index (χ0v) is 16.7. The van der Waals surface area contributed by atoms with Gasteiger partial charge in [0.25, 0.3) is 5.91 Å². The monoisotopic (exact) mass is 405 g/mol. The van der Waals surface area contributed by atoms with Crippen molar-refractivity contribution in [3.05, 3.63) is 78.5 Å². The number of methoxy groups -OCH3 is 1. The summed E-state index contributed by atoms with van der Waals surface area (Å²) in [6.07, 6.45) is 2.27. The third-order valence-electron chi connectivity index (χ3n) is 4.72. The second-order valence-corrected chi connectivity index (χ2v) is 6.71. The molecule has 0 bridgehead atoms. The van der Waals surface area contributed by atoms with Gasteiger partial charge in [-0.25, -0.2) is 4.98 Å². The van der Waals surface area contributed by atoms with Gasteiger partial charge >= 0.3 is 0 Å². The van der Waals surface area contributed by atoms with Gasteiger partial charge in [-0.2, -0.15) is 0 Å². The van der Waals surface area contributed by atoms with Crippen LogP contribution in [0.5, 0.6) is 11.5 Å². The van der Waals surface area contributed by atoms with E-state index in [1.807, 2.05) is 48.5 Å². The molecule has 0 aliphatic carbocycles. The van der Waals surface area contributed by atoms with Crippen LogP contribution in [0, 0.1) is 0 Å². The van der Waals surface area contributed by atoms with Crippen molar-refractivity contribution < 1.29 is 18.7 Å². The van der Waals surface area contributed by atoms with Crippen LogP contribution in [-0.2, 0) is 13.1 Å². The minimum atomic E-state index is -0.264. The van der Waals surface area contributed by atoms with Gasteiger partial charge in [-0.3, -0.25) is 4.79 Å². The van der Waals surface area contributed by atoms with Gasteiger partial charge in [0, 0.05) is 12.6 Å². The largest absolute Gasteiger partial charge is 0.497 e. The summed E-state index contributed by atoms with van der Waals surface area (Å²) in [5.74, 6) is 2.35. The van der Waals surface area contributed by atoms with Crippen molar-refractivity contribution in [3.8, 4) is 11.5 Å². The zero-order valence-electron chi connectivity index (χ0n) is 16.7. The molecule has 154 valence electrons. The van der Waals surface area contributed by atoms with Crippen molar-refractivity contribution in [2.24, 2.45) is 0 Å². The third kappa shape index (κ3) is 4.46. The fourth-order valence-electron chi connectivity index (χ4n) is 3.27. The van der Waals surface area contributed by atoms with Crippen LogP contribution in [0.2, 0.25) is 0 Å². The Bertz CT molecular complexity index is 1120. The Balaban J connectivity index is 1.41. The summed E-state index contributed by atoms with van der Waals surface area (Å²) in [6, 6.07) is 18.8. The minimum Gasteiger partial charge on any atom is -0.497 e. The lowest BCUT2D eigenvalue weighted by molar-refractivity contribution is 0.0921. The normalized spacial score (nSPS) is 10.8. The van der Waals surface area contributed by atoms with E-state index < -0.39 is 0 Å². The van der Waals surface area contributed by atoms with E-state index in [1.165, 1.54) is 6.26 Å². The van der Waals surface area contributed by atoms with E-state index in [0.717, 1.165) is 41.3 Å². The molecule has 30 heavy (non-hydrogen) atoms. The fraction of sp³-hybridized carbons (Fsp3) is 0.217. The number of nitrogens with one attached hydrogen (secondary N) is 1. The lowest BCUT2D eigenvalue weighted by Gasteiger charge is -2.11. The standard InChI is InChI=1S/C23H23N3O4/c1-28-17-7-4-8-18(15-17)29-14-6-12-26-20-10-3-2-9-19(20)25-22(26)16-24-23(27)21-11-5-13-30-21/h2-5,7-11,13,15H,6,12,14,16H2,1H3,(H,24,27). The molecule has 7 heteroatoms. The number of para-hydroxylation sites is 2. The molecule has 4 aromatic rings. The number of hydrogen-bond acceptors (Lipinski definition) is 5. The highest BCUT2D eigenvalue weighted by Crippen LogP contribution is 2.20. The van der Waals surface area contributed by atoms with E-state index in [2.05, 4.69) is 14.9 Å². The Morgan fingerprint density at radius 1 is 1.10 bits per heavy atom. The topological polar surface area (TPSA) is 78.5 Å². The molecule has 2 aromatic carbocycles. The molecular weight excluding hydrogens is 382 g/mol. The van der Waals surface area contributed by atoms with Crippen molar-refractivity contribution in [2.45, 2.75) is 19.5 Å². The first-order chi connectivity index (χ1) is 14.7. The molecule has 0 radical (unpaired) electrons.